The van der Waals surface area contributed by atoms with Crippen LogP contribution in [0.2, 0.25) is 0 Å². The molecular weight excluding hydrogens is 268 g/mol. The van der Waals surface area contributed by atoms with E-state index in [4.69, 9.17) is 11.6 Å². The highest BCUT2D eigenvalue weighted by Crippen LogP contribution is 2.44. The van der Waals surface area contributed by atoms with Crippen LogP contribution >= 0.6 is 11.6 Å². The molecule has 0 radical (unpaired) electrons. The lowest BCUT2D eigenvalue weighted by Crippen LogP contribution is -2.18. The van der Waals surface area contributed by atoms with Gasteiger partial charge in [-0.2, -0.15) is 0 Å². The lowest BCUT2D eigenvalue weighted by molar-refractivity contribution is -0.112. The molecule has 0 spiro atoms. The Balaban J connectivity index is 2.41. The Hall–Kier alpha value is -1.86. The zero-order valence-corrected chi connectivity index (χ0v) is 12.2. The van der Waals surface area contributed by atoms with Crippen LogP contribution in [0.1, 0.15) is 42.0 Å². The molecule has 0 aromatic heterocycles. The number of allylic oxidation sites excluding steroid dienone is 1. The first-order chi connectivity index (χ1) is 9.61. The highest BCUT2D eigenvalue weighted by molar-refractivity contribution is 6.65. The van der Waals surface area contributed by atoms with Crippen LogP contribution in [-0.4, -0.2) is 5.24 Å². The summed E-state index contributed by atoms with van der Waals surface area (Å²) in [6.45, 7) is 4.21. The van der Waals surface area contributed by atoms with E-state index in [9.17, 15) is 4.79 Å². The zero-order chi connectivity index (χ0) is 14.3. The third-order valence-corrected chi connectivity index (χ3v) is 4.03. The quantitative estimate of drug-likeness (QED) is 0.691. The molecule has 100 valence electrons. The summed E-state index contributed by atoms with van der Waals surface area (Å²) in [5.74, 6) is -0.368. The molecule has 1 nitrogen and oxygen atoms in total. The van der Waals surface area contributed by atoms with E-state index in [0.717, 1.165) is 22.3 Å². The fraction of sp³-hybridized carbons (Fsp3) is 0.167. The van der Waals surface area contributed by atoms with Gasteiger partial charge in [0.1, 0.15) is 0 Å². The molecule has 0 unspecified atom stereocenters. The molecule has 0 heterocycles. The number of fused-ring (bicyclic) bond motifs is 2. The lowest BCUT2D eigenvalue weighted by Gasteiger charge is -2.29. The van der Waals surface area contributed by atoms with Gasteiger partial charge in [0.2, 0.25) is 5.24 Å². The van der Waals surface area contributed by atoms with Gasteiger partial charge in [0, 0.05) is 0 Å². The maximum Gasteiger partial charge on any atom is 0.233 e. The van der Waals surface area contributed by atoms with Gasteiger partial charge in [0.05, 0.1) is 5.92 Å². The highest BCUT2D eigenvalue weighted by atomic mass is 35.5. The molecule has 0 aliphatic heterocycles. The van der Waals surface area contributed by atoms with Gasteiger partial charge in [0.15, 0.2) is 0 Å². The molecule has 0 amide bonds. The summed E-state index contributed by atoms with van der Waals surface area (Å²) in [5.41, 5.74) is 6.69. The first kappa shape index (κ1) is 13.1. The van der Waals surface area contributed by atoms with Gasteiger partial charge >= 0.3 is 0 Å². The molecule has 0 fully saturated rings. The van der Waals surface area contributed by atoms with Crippen molar-refractivity contribution in [1.82, 2.24) is 0 Å². The second kappa shape index (κ2) is 4.92. The predicted octanol–water partition coefficient (Wildman–Crippen LogP) is 4.74. The third kappa shape index (κ3) is 1.90. The number of rotatable bonds is 1. The number of carbonyl (C=O) groups excluding carboxylic acids is 1. The van der Waals surface area contributed by atoms with Crippen molar-refractivity contribution in [3.8, 4) is 0 Å². The summed E-state index contributed by atoms with van der Waals surface area (Å²) in [6, 6.07) is 16.1. The second-order valence-corrected chi connectivity index (χ2v) is 5.66. The second-order valence-electron chi connectivity index (χ2n) is 5.29. The largest absolute Gasteiger partial charge is 0.280 e. The van der Waals surface area contributed by atoms with Crippen LogP contribution in [0.15, 0.2) is 54.1 Å². The van der Waals surface area contributed by atoms with Crippen molar-refractivity contribution < 1.29 is 4.79 Å². The smallest absolute Gasteiger partial charge is 0.233 e. The van der Waals surface area contributed by atoms with Crippen molar-refractivity contribution in [3.05, 3.63) is 76.4 Å². The van der Waals surface area contributed by atoms with Crippen LogP contribution in [0.3, 0.4) is 0 Å². The maximum absolute atomic E-state index is 12.0. The Kier molecular flexibility index (Phi) is 3.23. The van der Waals surface area contributed by atoms with Crippen molar-refractivity contribution in [2.24, 2.45) is 0 Å². The fourth-order valence-electron chi connectivity index (χ4n) is 3.05. The standard InChI is InChI=1S/C18H15ClO/c1-11(2)16-12-7-3-5-9-14(12)17(18(19)20)15-10-6-4-8-13(15)16/h3-10,17H,1-2H3. The Morgan fingerprint density at radius 2 is 1.35 bits per heavy atom. The average Bonchev–Trinajstić information content (AvgIpc) is 2.43. The van der Waals surface area contributed by atoms with Gasteiger partial charge in [-0.3, -0.25) is 4.79 Å². The minimum Gasteiger partial charge on any atom is -0.280 e. The van der Waals surface area contributed by atoms with Crippen LogP contribution in [0.5, 0.6) is 0 Å². The van der Waals surface area contributed by atoms with Gasteiger partial charge in [-0.05, 0) is 53.3 Å². The predicted molar refractivity (Wildman–Crippen MR) is 83.0 cm³/mol. The summed E-state index contributed by atoms with van der Waals surface area (Å²) in [6.07, 6.45) is 0. The Morgan fingerprint density at radius 1 is 0.900 bits per heavy atom. The van der Waals surface area contributed by atoms with E-state index >= 15 is 0 Å². The summed E-state index contributed by atoms with van der Waals surface area (Å²) in [5, 5.41) is -0.322. The normalized spacial score (nSPS) is 16.4. The molecule has 0 N–H and O–H groups in total. The van der Waals surface area contributed by atoms with Crippen molar-refractivity contribution in [3.63, 3.8) is 0 Å². The average molecular weight is 283 g/mol. The molecular formula is C18H15ClO. The summed E-state index contributed by atoms with van der Waals surface area (Å²) in [4.78, 5) is 12.0. The maximum atomic E-state index is 12.0. The number of carbonyl (C=O) groups is 1. The topological polar surface area (TPSA) is 17.1 Å². The minimum atomic E-state index is -0.368. The van der Waals surface area contributed by atoms with Gasteiger partial charge in [-0.15, -0.1) is 0 Å². The SMILES string of the molecule is CC(C)=C1c2ccccc2C(C(=O)Cl)c2ccccc21. The van der Waals surface area contributed by atoms with Crippen LogP contribution in [0, 0.1) is 0 Å². The highest BCUT2D eigenvalue weighted by Gasteiger charge is 2.32. The molecule has 0 saturated heterocycles. The molecule has 3 rings (SSSR count). The molecule has 0 atom stereocenters. The molecule has 1 aliphatic carbocycles. The first-order valence-electron chi connectivity index (χ1n) is 6.66. The van der Waals surface area contributed by atoms with Crippen LogP contribution < -0.4 is 0 Å². The van der Waals surface area contributed by atoms with E-state index in [1.165, 1.54) is 11.1 Å². The van der Waals surface area contributed by atoms with E-state index < -0.39 is 0 Å². The van der Waals surface area contributed by atoms with Gasteiger partial charge in [-0.25, -0.2) is 0 Å². The zero-order valence-electron chi connectivity index (χ0n) is 11.5. The monoisotopic (exact) mass is 282 g/mol. The Bertz CT molecular complexity index is 674. The molecule has 0 bridgehead atoms. The number of halogens is 1. The van der Waals surface area contributed by atoms with E-state index in [-0.39, 0.29) is 11.2 Å². The molecule has 20 heavy (non-hydrogen) atoms. The van der Waals surface area contributed by atoms with Crippen molar-refractivity contribution >= 4 is 22.4 Å². The minimum absolute atomic E-state index is 0.322. The van der Waals surface area contributed by atoms with Crippen LogP contribution in [0.4, 0.5) is 0 Å². The molecule has 2 aromatic carbocycles. The van der Waals surface area contributed by atoms with Crippen molar-refractivity contribution in [2.45, 2.75) is 19.8 Å². The van der Waals surface area contributed by atoms with E-state index in [1.54, 1.807) is 0 Å². The molecule has 2 aromatic rings. The summed E-state index contributed by atoms with van der Waals surface area (Å²) >= 11 is 5.88. The van der Waals surface area contributed by atoms with Gasteiger partial charge in [-0.1, -0.05) is 54.1 Å². The van der Waals surface area contributed by atoms with Crippen LogP contribution in [-0.2, 0) is 4.79 Å². The van der Waals surface area contributed by atoms with Crippen molar-refractivity contribution in [2.75, 3.05) is 0 Å². The first-order valence-corrected chi connectivity index (χ1v) is 7.04. The Labute approximate surface area is 123 Å². The van der Waals surface area contributed by atoms with Gasteiger partial charge < -0.3 is 0 Å². The number of benzene rings is 2. The van der Waals surface area contributed by atoms with Crippen LogP contribution in [0.25, 0.3) is 5.57 Å². The summed E-state index contributed by atoms with van der Waals surface area (Å²) in [7, 11) is 0. The number of hydrogen-bond donors (Lipinski definition) is 0. The summed E-state index contributed by atoms with van der Waals surface area (Å²) < 4.78 is 0. The Morgan fingerprint density at radius 3 is 1.75 bits per heavy atom. The third-order valence-electron chi connectivity index (χ3n) is 3.81. The molecule has 0 saturated carbocycles. The number of hydrogen-bond acceptors (Lipinski definition) is 1. The molecule has 1 aliphatic rings. The molecule has 2 heteroatoms. The van der Waals surface area contributed by atoms with Gasteiger partial charge in [0.25, 0.3) is 0 Å². The van der Waals surface area contributed by atoms with E-state index in [2.05, 4.69) is 26.0 Å². The lowest BCUT2D eigenvalue weighted by atomic mass is 9.75. The van der Waals surface area contributed by atoms with E-state index in [1.807, 2.05) is 36.4 Å². The van der Waals surface area contributed by atoms with Crippen molar-refractivity contribution in [1.29, 1.82) is 0 Å². The van der Waals surface area contributed by atoms with E-state index in [0.29, 0.717) is 0 Å². The fourth-order valence-corrected chi connectivity index (χ4v) is 3.28.